The van der Waals surface area contributed by atoms with Crippen LogP contribution in [0.4, 0.5) is 14.5 Å². The van der Waals surface area contributed by atoms with E-state index in [2.05, 4.69) is 0 Å². The van der Waals surface area contributed by atoms with Crippen LogP contribution in [0.1, 0.15) is 30.0 Å². The van der Waals surface area contributed by atoms with Gasteiger partial charge in [-0.05, 0) is 62.3 Å². The topological polar surface area (TPSA) is 125 Å². The maximum atomic E-state index is 14.8. The number of nitrogens with zero attached hydrogens (tertiary/aromatic N) is 4. The van der Waals surface area contributed by atoms with Gasteiger partial charge in [0.25, 0.3) is 11.2 Å². The lowest BCUT2D eigenvalue weighted by Gasteiger charge is -2.24. The highest BCUT2D eigenvalue weighted by Crippen LogP contribution is 2.39. The summed E-state index contributed by atoms with van der Waals surface area (Å²) in [5, 5.41) is 11.4. The van der Waals surface area contributed by atoms with Crippen molar-refractivity contribution in [1.82, 2.24) is 14.0 Å². The molecule has 0 N–H and O–H groups in total. The summed E-state index contributed by atoms with van der Waals surface area (Å²) in [5.41, 5.74) is -0.756. The molecule has 0 bridgehead atoms. The van der Waals surface area contributed by atoms with E-state index in [1.165, 1.54) is 22.8 Å². The molecule has 1 fully saturated rings. The van der Waals surface area contributed by atoms with Crippen molar-refractivity contribution in [2.45, 2.75) is 32.0 Å². The zero-order chi connectivity index (χ0) is 29.6. The van der Waals surface area contributed by atoms with Gasteiger partial charge in [-0.25, -0.2) is 22.0 Å². The molecule has 0 amide bonds. The van der Waals surface area contributed by atoms with Crippen molar-refractivity contribution in [3.63, 3.8) is 0 Å². The number of hydrogen-bond donors (Lipinski definition) is 0. The van der Waals surface area contributed by atoms with E-state index in [0.717, 1.165) is 28.0 Å². The summed E-state index contributed by atoms with van der Waals surface area (Å²) in [7, 11) is 0.277. The Kier molecular flexibility index (Phi) is 7.66. The second-order valence-corrected chi connectivity index (χ2v) is 13.6. The van der Waals surface area contributed by atoms with Gasteiger partial charge >= 0.3 is 5.69 Å². The Balaban J connectivity index is 1.83. The number of sulfone groups is 1. The first kappa shape index (κ1) is 28.8. The van der Waals surface area contributed by atoms with Gasteiger partial charge in [0.2, 0.25) is 0 Å². The van der Waals surface area contributed by atoms with Crippen molar-refractivity contribution >= 4 is 37.1 Å². The van der Waals surface area contributed by atoms with Crippen LogP contribution in [0.3, 0.4) is 0 Å². The summed E-state index contributed by atoms with van der Waals surface area (Å²) in [6, 6.07) is 8.42. The second kappa shape index (κ2) is 10.9. The van der Waals surface area contributed by atoms with Crippen molar-refractivity contribution in [3.8, 4) is 10.4 Å². The predicted octanol–water partition coefficient (Wildman–Crippen LogP) is 3.94. The van der Waals surface area contributed by atoms with E-state index < -0.39 is 50.2 Å². The maximum absolute atomic E-state index is 14.8. The molecule has 0 atom stereocenters. The van der Waals surface area contributed by atoms with Crippen molar-refractivity contribution in [2.24, 2.45) is 0 Å². The molecule has 0 saturated carbocycles. The molecule has 0 aliphatic carbocycles. The maximum Gasteiger partial charge on any atom is 0.332 e. The largest absolute Gasteiger partial charge is 0.332 e. The highest BCUT2D eigenvalue weighted by atomic mass is 32.2. The highest BCUT2D eigenvalue weighted by molar-refractivity contribution is 7.91. The van der Waals surface area contributed by atoms with Gasteiger partial charge in [-0.1, -0.05) is 6.07 Å². The molecule has 1 aliphatic rings. The number of rotatable bonds is 7. The Morgan fingerprint density at radius 1 is 1.02 bits per heavy atom. The van der Waals surface area contributed by atoms with E-state index >= 15 is 0 Å². The molecule has 14 heteroatoms. The van der Waals surface area contributed by atoms with Gasteiger partial charge in [0.05, 0.1) is 28.4 Å². The average Bonchev–Trinajstić information content (AvgIpc) is 3.27. The minimum absolute atomic E-state index is 0.0550. The minimum atomic E-state index is -3.30. The zero-order valence-corrected chi connectivity index (χ0v) is 23.8. The van der Waals surface area contributed by atoms with E-state index in [4.69, 9.17) is 0 Å². The van der Waals surface area contributed by atoms with Crippen molar-refractivity contribution < 1.29 is 22.1 Å². The number of thiophene rings is 1. The van der Waals surface area contributed by atoms with Crippen molar-refractivity contribution in [3.05, 3.63) is 96.2 Å². The molecule has 5 rings (SSSR count). The molecule has 3 heterocycles. The number of nitro benzene ring substituents is 1. The molecule has 4 aromatic rings. The van der Waals surface area contributed by atoms with Crippen LogP contribution in [0.5, 0.6) is 0 Å². The standard InChI is InChI=1S/C27H26F2N4O6S2/c1-30(2)14-20-23-25(34)32(17-10-12-41(38,39)13-11-17)27(35)31(15-19-21(28)4-3-5-22(19)29)26(23)40-24(20)16-6-8-18(9-7-16)33(36)37/h3-9,17H,10-15H2,1-2H3. The van der Waals surface area contributed by atoms with Crippen LogP contribution in [0.15, 0.2) is 52.1 Å². The van der Waals surface area contributed by atoms with Gasteiger partial charge in [-0.3, -0.25) is 24.0 Å². The second-order valence-electron chi connectivity index (χ2n) is 10.3. The monoisotopic (exact) mass is 604 g/mol. The zero-order valence-electron chi connectivity index (χ0n) is 22.2. The first-order valence-corrected chi connectivity index (χ1v) is 15.4. The van der Waals surface area contributed by atoms with Gasteiger partial charge in [0.15, 0.2) is 0 Å². The van der Waals surface area contributed by atoms with Crippen LogP contribution in [0.2, 0.25) is 0 Å². The van der Waals surface area contributed by atoms with Crippen LogP contribution in [0, 0.1) is 21.7 Å². The number of halogens is 2. The Morgan fingerprint density at radius 2 is 1.63 bits per heavy atom. The lowest BCUT2D eigenvalue weighted by Crippen LogP contribution is -2.44. The minimum Gasteiger partial charge on any atom is -0.305 e. The molecule has 1 saturated heterocycles. The van der Waals surface area contributed by atoms with Crippen LogP contribution >= 0.6 is 11.3 Å². The third-order valence-corrected chi connectivity index (χ3v) is 10.2. The molecule has 0 radical (unpaired) electrons. The van der Waals surface area contributed by atoms with Crippen LogP contribution in [-0.2, 0) is 22.9 Å². The highest BCUT2D eigenvalue weighted by Gasteiger charge is 2.31. The number of benzene rings is 2. The molecule has 2 aromatic heterocycles. The average molecular weight is 605 g/mol. The number of fused-ring (bicyclic) bond motifs is 1. The number of aromatic nitrogens is 2. The van der Waals surface area contributed by atoms with Crippen molar-refractivity contribution in [1.29, 1.82) is 0 Å². The van der Waals surface area contributed by atoms with Crippen LogP contribution in [0.25, 0.3) is 20.7 Å². The lowest BCUT2D eigenvalue weighted by molar-refractivity contribution is -0.384. The summed E-state index contributed by atoms with van der Waals surface area (Å²) in [6.45, 7) is -0.242. The molecular formula is C27H26F2N4O6S2. The Bertz CT molecular complexity index is 1860. The smallest absolute Gasteiger partial charge is 0.305 e. The fourth-order valence-electron chi connectivity index (χ4n) is 5.16. The summed E-state index contributed by atoms with van der Waals surface area (Å²) >= 11 is 1.09. The number of non-ortho nitro benzene ring substituents is 1. The molecule has 216 valence electrons. The normalized spacial score (nSPS) is 15.5. The van der Waals surface area contributed by atoms with Gasteiger partial charge in [0.1, 0.15) is 26.3 Å². The molecule has 0 unspecified atom stereocenters. The summed E-state index contributed by atoms with van der Waals surface area (Å²) in [5.74, 6) is -2.09. The van der Waals surface area contributed by atoms with E-state index in [0.29, 0.717) is 16.0 Å². The number of hydrogen-bond acceptors (Lipinski definition) is 8. The number of nitro groups is 1. The predicted molar refractivity (Wildman–Crippen MR) is 152 cm³/mol. The van der Waals surface area contributed by atoms with E-state index in [1.807, 2.05) is 4.90 Å². The molecular weight excluding hydrogens is 578 g/mol. The first-order valence-electron chi connectivity index (χ1n) is 12.7. The fraction of sp³-hybridized carbons (Fsp3) is 0.333. The van der Waals surface area contributed by atoms with E-state index in [9.17, 15) is 36.9 Å². The third-order valence-electron chi connectivity index (χ3n) is 7.19. The molecule has 10 nitrogen and oxygen atoms in total. The van der Waals surface area contributed by atoms with Crippen LogP contribution < -0.4 is 11.2 Å². The summed E-state index contributed by atoms with van der Waals surface area (Å²) < 4.78 is 55.9. The molecule has 41 heavy (non-hydrogen) atoms. The molecule has 0 spiro atoms. The fourth-order valence-corrected chi connectivity index (χ4v) is 7.93. The van der Waals surface area contributed by atoms with E-state index in [1.54, 1.807) is 26.2 Å². The lowest BCUT2D eigenvalue weighted by atomic mass is 10.1. The Labute approximate surface area is 237 Å². The SMILES string of the molecule is CN(C)Cc1c(-c2ccc([N+](=O)[O-])cc2)sc2c1c(=O)n(C1CCS(=O)(=O)CC1)c(=O)n2Cc1c(F)cccc1F. The van der Waals surface area contributed by atoms with Gasteiger partial charge < -0.3 is 4.90 Å². The molecule has 1 aliphatic heterocycles. The van der Waals surface area contributed by atoms with Gasteiger partial charge in [0, 0.05) is 35.2 Å². The third kappa shape index (κ3) is 5.46. The van der Waals surface area contributed by atoms with E-state index in [-0.39, 0.29) is 52.4 Å². The van der Waals surface area contributed by atoms with Gasteiger partial charge in [-0.2, -0.15) is 0 Å². The van der Waals surface area contributed by atoms with Crippen LogP contribution in [-0.4, -0.2) is 53.0 Å². The Morgan fingerprint density at radius 3 is 2.20 bits per heavy atom. The van der Waals surface area contributed by atoms with Crippen molar-refractivity contribution in [2.75, 3.05) is 25.6 Å². The van der Waals surface area contributed by atoms with Gasteiger partial charge in [-0.15, -0.1) is 11.3 Å². The quantitative estimate of drug-likeness (QED) is 0.231. The Hall–Kier alpha value is -3.75. The molecule has 2 aromatic carbocycles. The summed E-state index contributed by atoms with van der Waals surface area (Å²) in [4.78, 5) is 41.3. The summed E-state index contributed by atoms with van der Waals surface area (Å²) in [6.07, 6.45) is 0.110. The first-order chi connectivity index (χ1) is 19.4.